The van der Waals surface area contributed by atoms with Crippen LogP contribution in [0.1, 0.15) is 226 Å². The number of phosphoric acid groups is 1. The average Bonchev–Trinajstić information content (AvgIpc) is 3.16. The summed E-state index contributed by atoms with van der Waals surface area (Å²) >= 11 is 0. The van der Waals surface area contributed by atoms with E-state index in [-0.39, 0.29) is 19.1 Å². The van der Waals surface area contributed by atoms with Gasteiger partial charge in [0.05, 0.1) is 39.9 Å². The fraction of sp³-hybridized carbons (Fsp3) is 0.896. The highest BCUT2D eigenvalue weighted by molar-refractivity contribution is 7.47. The topological polar surface area (TPSA) is 105 Å². The Kier molecular flexibility index (Phi) is 39.7. The quantitative estimate of drug-likeness (QED) is 0.0244. The number of carbonyl (C=O) groups is 1. The summed E-state index contributed by atoms with van der Waals surface area (Å²) in [5.41, 5.74) is 0. The largest absolute Gasteiger partial charge is 0.472 e. The number of aliphatic hydroxyl groups is 1. The van der Waals surface area contributed by atoms with Crippen molar-refractivity contribution in [1.29, 1.82) is 0 Å². The van der Waals surface area contributed by atoms with Crippen LogP contribution in [0, 0.1) is 0 Å². The molecule has 0 bridgehead atoms. The lowest BCUT2D eigenvalue weighted by Crippen LogP contribution is -2.45. The molecule has 0 aliphatic heterocycles. The fourth-order valence-corrected chi connectivity index (χ4v) is 7.77. The lowest BCUT2D eigenvalue weighted by Gasteiger charge is -2.25. The zero-order valence-corrected chi connectivity index (χ0v) is 39.2. The molecule has 8 nitrogen and oxygen atoms in total. The van der Waals surface area contributed by atoms with Crippen LogP contribution in [0.25, 0.3) is 0 Å². The van der Waals surface area contributed by atoms with Gasteiger partial charge in [-0.3, -0.25) is 13.8 Å². The first-order valence-electron chi connectivity index (χ1n) is 24.2. The Morgan fingerprint density at radius 2 is 0.947 bits per heavy atom. The normalized spacial score (nSPS) is 14.4. The number of unbranched alkanes of at least 4 members (excludes halogenated alkanes) is 29. The van der Waals surface area contributed by atoms with Gasteiger partial charge in [-0.25, -0.2) is 4.57 Å². The summed E-state index contributed by atoms with van der Waals surface area (Å²) in [5.74, 6) is -0.181. The molecule has 3 N–H and O–H groups in total. The average molecular weight is 828 g/mol. The van der Waals surface area contributed by atoms with E-state index < -0.39 is 20.0 Å². The molecule has 0 rings (SSSR count). The van der Waals surface area contributed by atoms with E-state index in [1.54, 1.807) is 6.08 Å². The second kappa shape index (κ2) is 40.4. The third kappa shape index (κ3) is 42.9. The highest BCUT2D eigenvalue weighted by Gasteiger charge is 2.27. The van der Waals surface area contributed by atoms with Crippen LogP contribution < -0.4 is 5.32 Å². The van der Waals surface area contributed by atoms with E-state index in [1.165, 1.54) is 167 Å². The number of allylic oxidation sites excluding steroid dienone is 3. The van der Waals surface area contributed by atoms with E-state index in [1.807, 2.05) is 27.2 Å². The molecule has 0 aromatic rings. The van der Waals surface area contributed by atoms with E-state index in [9.17, 15) is 19.4 Å². The van der Waals surface area contributed by atoms with Gasteiger partial charge < -0.3 is 19.8 Å². The Bertz CT molecular complexity index is 984. The number of nitrogens with one attached hydrogen (secondary N) is 1. The molecule has 0 aromatic carbocycles. The number of phosphoric ester groups is 1. The van der Waals surface area contributed by atoms with Crippen LogP contribution in [-0.4, -0.2) is 73.4 Å². The zero-order chi connectivity index (χ0) is 42.1. The van der Waals surface area contributed by atoms with Gasteiger partial charge in [0.25, 0.3) is 0 Å². The van der Waals surface area contributed by atoms with Gasteiger partial charge in [0.2, 0.25) is 5.91 Å². The number of likely N-dealkylation sites (N-methyl/N-ethyl adjacent to an activating group) is 1. The van der Waals surface area contributed by atoms with Crippen molar-refractivity contribution in [3.05, 3.63) is 24.3 Å². The van der Waals surface area contributed by atoms with Crippen molar-refractivity contribution in [3.63, 3.8) is 0 Å². The summed E-state index contributed by atoms with van der Waals surface area (Å²) in [5, 5.41) is 13.9. The molecule has 9 heteroatoms. The van der Waals surface area contributed by atoms with Gasteiger partial charge in [-0.15, -0.1) is 0 Å². The smallest absolute Gasteiger partial charge is 0.387 e. The molecule has 3 unspecified atom stereocenters. The van der Waals surface area contributed by atoms with Crippen LogP contribution >= 0.6 is 7.82 Å². The molecule has 0 fully saturated rings. The monoisotopic (exact) mass is 828 g/mol. The summed E-state index contributed by atoms with van der Waals surface area (Å²) in [6.45, 7) is 4.81. The first-order chi connectivity index (χ1) is 27.5. The van der Waals surface area contributed by atoms with Gasteiger partial charge in [-0.1, -0.05) is 199 Å². The Hall–Kier alpha value is -1.02. The van der Waals surface area contributed by atoms with E-state index in [0.717, 1.165) is 38.5 Å². The minimum Gasteiger partial charge on any atom is -0.387 e. The van der Waals surface area contributed by atoms with Crippen molar-refractivity contribution in [2.75, 3.05) is 40.9 Å². The Morgan fingerprint density at radius 1 is 0.579 bits per heavy atom. The molecular weight excluding hydrogens is 732 g/mol. The van der Waals surface area contributed by atoms with Crippen LogP contribution in [0.15, 0.2) is 24.3 Å². The van der Waals surface area contributed by atoms with Gasteiger partial charge >= 0.3 is 7.82 Å². The molecule has 0 radical (unpaired) electrons. The predicted molar refractivity (Wildman–Crippen MR) is 245 cm³/mol. The molecule has 0 saturated carbocycles. The lowest BCUT2D eigenvalue weighted by molar-refractivity contribution is -0.870. The first-order valence-corrected chi connectivity index (χ1v) is 25.7. The highest BCUT2D eigenvalue weighted by atomic mass is 31.2. The molecule has 0 aromatic heterocycles. The number of amides is 1. The maximum Gasteiger partial charge on any atom is 0.472 e. The van der Waals surface area contributed by atoms with E-state index >= 15 is 0 Å². The van der Waals surface area contributed by atoms with Crippen molar-refractivity contribution in [3.8, 4) is 0 Å². The summed E-state index contributed by atoms with van der Waals surface area (Å²) in [6.07, 6.45) is 48.2. The number of hydrogen-bond acceptors (Lipinski definition) is 5. The summed E-state index contributed by atoms with van der Waals surface area (Å²) < 4.78 is 23.6. The first kappa shape index (κ1) is 56.0. The number of hydrogen-bond donors (Lipinski definition) is 3. The molecule has 338 valence electrons. The minimum absolute atomic E-state index is 0.0619. The maximum atomic E-state index is 12.9. The highest BCUT2D eigenvalue weighted by Crippen LogP contribution is 2.43. The maximum absolute atomic E-state index is 12.9. The number of quaternary nitrogens is 1. The van der Waals surface area contributed by atoms with Crippen molar-refractivity contribution < 1.29 is 32.9 Å². The van der Waals surface area contributed by atoms with Crippen LogP contribution in [0.5, 0.6) is 0 Å². The Labute approximate surface area is 354 Å². The van der Waals surface area contributed by atoms with Gasteiger partial charge in [-0.2, -0.15) is 0 Å². The number of aliphatic hydroxyl groups excluding tert-OH is 1. The van der Waals surface area contributed by atoms with Gasteiger partial charge in [0.1, 0.15) is 13.2 Å². The molecule has 0 aliphatic rings. The second-order valence-electron chi connectivity index (χ2n) is 17.8. The van der Waals surface area contributed by atoms with Crippen LogP contribution in [0.2, 0.25) is 0 Å². The van der Waals surface area contributed by atoms with Crippen LogP contribution in [0.4, 0.5) is 0 Å². The van der Waals surface area contributed by atoms with Gasteiger partial charge in [0.15, 0.2) is 0 Å². The standard InChI is InChI=1S/C48H95N2O6P/c1-6-8-10-12-14-16-18-20-22-23-24-25-26-28-29-31-33-35-37-39-41-47(51)46(45-56-57(53,54)55-44-43-50(3,4)5)49-48(52)42-40-38-36-34-32-30-27-21-19-17-15-13-11-9-7-2/h17,19,39,41,46-47,51H,6-16,18,20-38,40,42-45H2,1-5H3,(H-,49,52,53,54)/p+1/b19-17-,41-39+. The Morgan fingerprint density at radius 3 is 1.37 bits per heavy atom. The number of carbonyl (C=O) groups excluding carboxylic acids is 1. The minimum atomic E-state index is -4.34. The molecule has 3 atom stereocenters. The summed E-state index contributed by atoms with van der Waals surface area (Å²) in [7, 11) is 1.57. The van der Waals surface area contributed by atoms with Crippen LogP contribution in [0.3, 0.4) is 0 Å². The fourth-order valence-electron chi connectivity index (χ4n) is 7.04. The molecule has 0 heterocycles. The van der Waals surface area contributed by atoms with Crippen LogP contribution in [-0.2, 0) is 18.4 Å². The third-order valence-electron chi connectivity index (χ3n) is 10.9. The lowest BCUT2D eigenvalue weighted by atomic mass is 10.0. The van der Waals surface area contributed by atoms with Crippen molar-refractivity contribution in [2.45, 2.75) is 238 Å². The molecular formula is C48H96N2O6P+. The van der Waals surface area contributed by atoms with Gasteiger partial charge in [0, 0.05) is 6.42 Å². The second-order valence-corrected chi connectivity index (χ2v) is 19.3. The SMILES string of the molecule is CCCCCC/C=C\CCCCCCCCCC(=O)NC(COP(=O)(O)OCC[N+](C)(C)C)C(O)/C=C/CCCCCCCCCCCCCCCCCCCC. The van der Waals surface area contributed by atoms with Crippen molar-refractivity contribution in [2.24, 2.45) is 0 Å². The summed E-state index contributed by atoms with van der Waals surface area (Å²) in [4.78, 5) is 23.2. The zero-order valence-electron chi connectivity index (χ0n) is 38.3. The Balaban J connectivity index is 4.35. The number of nitrogens with zero attached hydrogens (tertiary/aromatic N) is 1. The molecule has 57 heavy (non-hydrogen) atoms. The predicted octanol–water partition coefficient (Wildman–Crippen LogP) is 13.7. The van der Waals surface area contributed by atoms with E-state index in [0.29, 0.717) is 17.4 Å². The third-order valence-corrected chi connectivity index (χ3v) is 11.9. The molecule has 0 spiro atoms. The van der Waals surface area contributed by atoms with Gasteiger partial charge in [-0.05, 0) is 44.9 Å². The number of rotatable bonds is 44. The van der Waals surface area contributed by atoms with E-state index in [4.69, 9.17) is 9.05 Å². The van der Waals surface area contributed by atoms with Crippen molar-refractivity contribution >= 4 is 13.7 Å². The summed E-state index contributed by atoms with van der Waals surface area (Å²) in [6, 6.07) is -0.845. The molecule has 0 aliphatic carbocycles. The van der Waals surface area contributed by atoms with Crippen molar-refractivity contribution in [1.82, 2.24) is 5.32 Å². The molecule has 0 saturated heterocycles. The van der Waals surface area contributed by atoms with E-state index in [2.05, 4.69) is 31.3 Å². The molecule has 1 amide bonds.